The number of amides is 2. The van der Waals surface area contributed by atoms with E-state index in [9.17, 15) is 19.2 Å². The van der Waals surface area contributed by atoms with Gasteiger partial charge in [0.25, 0.3) is 0 Å². The molecule has 0 fully saturated rings. The molecule has 142 valence electrons. The van der Waals surface area contributed by atoms with Crippen molar-refractivity contribution in [1.82, 2.24) is 10.6 Å². The smallest absolute Gasteiger partial charge is 0.322 e. The summed E-state index contributed by atoms with van der Waals surface area (Å²) < 4.78 is 0. The van der Waals surface area contributed by atoms with Gasteiger partial charge in [0.05, 0.1) is 0 Å². The van der Waals surface area contributed by atoms with Crippen molar-refractivity contribution in [1.29, 1.82) is 0 Å². The Morgan fingerprint density at radius 3 is 1.96 bits per heavy atom. The van der Waals surface area contributed by atoms with E-state index in [1.807, 2.05) is 0 Å². The second-order valence-corrected chi connectivity index (χ2v) is 4.59. The minimum absolute atomic E-state index is 0.0510. The number of carbonyl (C=O) groups is 4. The molecule has 2 atom stereocenters. The Labute approximate surface area is 147 Å². The molecule has 0 aromatic rings. The summed E-state index contributed by atoms with van der Waals surface area (Å²) in [5, 5.41) is 21.3. The molecule has 10 heteroatoms. The highest BCUT2D eigenvalue weighted by atomic mass is 32.1. The third kappa shape index (κ3) is 18.2. The van der Waals surface area contributed by atoms with Crippen molar-refractivity contribution in [2.24, 2.45) is 5.73 Å². The third-order valence-corrected chi connectivity index (χ3v) is 2.18. The maximum Gasteiger partial charge on any atom is 0.322 e. The summed E-state index contributed by atoms with van der Waals surface area (Å²) in [6.07, 6.45) is 2.76. The van der Waals surface area contributed by atoms with Crippen LogP contribution in [0.4, 0.5) is 0 Å². The number of carbonyl (C=O) groups excluding carboxylic acids is 2. The van der Waals surface area contributed by atoms with Gasteiger partial charge in [0.15, 0.2) is 0 Å². The molecule has 0 saturated carbocycles. The van der Waals surface area contributed by atoms with Gasteiger partial charge in [-0.25, -0.2) is 0 Å². The molecule has 2 amide bonds. The molecule has 9 nitrogen and oxygen atoms in total. The number of nitrogens with two attached hydrogens (primary N) is 1. The fraction of sp³-hybridized carbons (Fsp3) is 0.714. The van der Waals surface area contributed by atoms with Crippen LogP contribution in [-0.2, 0) is 19.2 Å². The molecule has 0 heterocycles. The number of carboxylic acids is 2. The molecule has 0 aromatic heterocycles. The molecule has 24 heavy (non-hydrogen) atoms. The predicted octanol–water partition coefficient (Wildman–Crippen LogP) is -0.154. The van der Waals surface area contributed by atoms with E-state index in [0.29, 0.717) is 0 Å². The van der Waals surface area contributed by atoms with Crippen molar-refractivity contribution in [2.75, 3.05) is 12.8 Å². The zero-order valence-electron chi connectivity index (χ0n) is 14.5. The van der Waals surface area contributed by atoms with Gasteiger partial charge in [-0.3, -0.25) is 19.2 Å². The van der Waals surface area contributed by atoms with Gasteiger partial charge < -0.3 is 26.6 Å². The van der Waals surface area contributed by atoms with Crippen LogP contribution in [0.15, 0.2) is 0 Å². The van der Waals surface area contributed by atoms with E-state index in [1.165, 1.54) is 13.3 Å². The highest BCUT2D eigenvalue weighted by Gasteiger charge is 2.18. The zero-order chi connectivity index (χ0) is 19.7. The van der Waals surface area contributed by atoms with Crippen molar-refractivity contribution in [3.05, 3.63) is 0 Å². The summed E-state index contributed by atoms with van der Waals surface area (Å²) in [7, 11) is 0. The van der Waals surface area contributed by atoms with E-state index in [0.717, 1.165) is 0 Å². The second-order valence-electron chi connectivity index (χ2n) is 4.59. The molecule has 0 spiro atoms. The van der Waals surface area contributed by atoms with Crippen LogP contribution in [0.3, 0.4) is 0 Å². The first-order chi connectivity index (χ1) is 11.1. The minimum atomic E-state index is -1.21. The van der Waals surface area contributed by atoms with Crippen molar-refractivity contribution in [3.63, 3.8) is 0 Å². The van der Waals surface area contributed by atoms with Crippen LogP contribution in [0.2, 0.25) is 0 Å². The van der Waals surface area contributed by atoms with E-state index >= 15 is 0 Å². The average Bonchev–Trinajstić information content (AvgIpc) is 2.52. The minimum Gasteiger partial charge on any atom is -0.480 e. The number of hydrogen-bond donors (Lipinski definition) is 6. The molecular formula is C14H29N3O6S. The lowest BCUT2D eigenvalue weighted by Crippen LogP contribution is -2.46. The standard InChI is InChI=1S/C10H17N3O6.C3H8.CH4S/c1-5(9(17)12-4-8(15)16)13-7(14)3-2-6(11)10(18)19;1-3-2;1-2/h5-6H,2-4,11H2,1H3,(H,12,17)(H,13,14)(H,15,16)(H,18,19);3H2,1-2H3;2H,1H3. The fourth-order valence-corrected chi connectivity index (χ4v) is 1.11. The lowest BCUT2D eigenvalue weighted by atomic mass is 10.1. The van der Waals surface area contributed by atoms with Crippen LogP contribution in [-0.4, -0.2) is 58.9 Å². The Balaban J connectivity index is -0.000000786. The summed E-state index contributed by atoms with van der Waals surface area (Å²) in [5.41, 5.74) is 5.21. The van der Waals surface area contributed by atoms with Crippen LogP contribution in [0, 0.1) is 0 Å². The van der Waals surface area contributed by atoms with Crippen LogP contribution < -0.4 is 16.4 Å². The molecule has 0 aliphatic rings. The van der Waals surface area contributed by atoms with Crippen LogP contribution in [0.25, 0.3) is 0 Å². The van der Waals surface area contributed by atoms with E-state index < -0.39 is 42.4 Å². The van der Waals surface area contributed by atoms with Crippen molar-refractivity contribution < 1.29 is 29.4 Å². The first-order valence-corrected chi connectivity index (χ1v) is 8.27. The number of rotatable bonds is 8. The molecule has 0 aliphatic heterocycles. The number of hydrogen-bond acceptors (Lipinski definition) is 6. The Hall–Kier alpha value is -1.81. The number of thiol groups is 1. The molecule has 2 unspecified atom stereocenters. The van der Waals surface area contributed by atoms with E-state index in [1.54, 1.807) is 6.26 Å². The second kappa shape index (κ2) is 17.5. The van der Waals surface area contributed by atoms with E-state index in [4.69, 9.17) is 15.9 Å². The topological polar surface area (TPSA) is 159 Å². The Bertz CT molecular complexity index is 393. The van der Waals surface area contributed by atoms with Gasteiger partial charge in [0.1, 0.15) is 18.6 Å². The van der Waals surface area contributed by atoms with Crippen molar-refractivity contribution in [3.8, 4) is 0 Å². The van der Waals surface area contributed by atoms with Gasteiger partial charge in [-0.1, -0.05) is 20.3 Å². The molecule has 0 rings (SSSR count). The van der Waals surface area contributed by atoms with Crippen LogP contribution in [0.5, 0.6) is 0 Å². The van der Waals surface area contributed by atoms with Crippen molar-refractivity contribution >= 4 is 36.4 Å². The van der Waals surface area contributed by atoms with Gasteiger partial charge in [-0.15, -0.1) is 0 Å². The highest BCUT2D eigenvalue weighted by molar-refractivity contribution is 7.79. The molecule has 0 bridgehead atoms. The number of nitrogens with one attached hydrogen (secondary N) is 2. The lowest BCUT2D eigenvalue weighted by Gasteiger charge is -2.13. The summed E-state index contributed by atoms with van der Waals surface area (Å²) in [4.78, 5) is 43.3. The molecule has 0 aliphatic carbocycles. The van der Waals surface area contributed by atoms with Gasteiger partial charge in [0, 0.05) is 6.42 Å². The summed E-state index contributed by atoms with van der Waals surface area (Å²) in [6, 6.07) is -2.05. The average molecular weight is 367 g/mol. The fourth-order valence-electron chi connectivity index (χ4n) is 1.11. The van der Waals surface area contributed by atoms with Crippen LogP contribution in [0.1, 0.15) is 40.0 Å². The summed E-state index contributed by atoms with van der Waals surface area (Å²) >= 11 is 3.53. The van der Waals surface area contributed by atoms with E-state index in [2.05, 4.69) is 37.1 Å². The number of aliphatic carboxylic acids is 2. The number of carboxylic acid groups (broad SMARTS) is 2. The largest absolute Gasteiger partial charge is 0.480 e. The summed E-state index contributed by atoms with van der Waals surface area (Å²) in [5.74, 6) is -3.58. The highest BCUT2D eigenvalue weighted by Crippen LogP contribution is 1.95. The Morgan fingerprint density at radius 1 is 1.12 bits per heavy atom. The molecular weight excluding hydrogens is 338 g/mol. The van der Waals surface area contributed by atoms with E-state index in [-0.39, 0.29) is 12.8 Å². The normalized spacial score (nSPS) is 11.4. The van der Waals surface area contributed by atoms with Gasteiger partial charge in [-0.05, 0) is 19.6 Å². The molecule has 0 saturated heterocycles. The van der Waals surface area contributed by atoms with Crippen LogP contribution >= 0.6 is 12.6 Å². The predicted molar refractivity (Wildman–Crippen MR) is 94.0 cm³/mol. The first-order valence-electron chi connectivity index (χ1n) is 7.37. The lowest BCUT2D eigenvalue weighted by molar-refractivity contribution is -0.139. The Morgan fingerprint density at radius 2 is 1.58 bits per heavy atom. The SMILES string of the molecule is CC(NC(=O)CCC(N)C(=O)O)C(=O)NCC(=O)O.CCC.CS. The maximum atomic E-state index is 11.4. The van der Waals surface area contributed by atoms with Crippen molar-refractivity contribution in [2.45, 2.75) is 52.1 Å². The molecule has 0 radical (unpaired) electrons. The monoisotopic (exact) mass is 367 g/mol. The van der Waals surface area contributed by atoms with Gasteiger partial charge >= 0.3 is 11.9 Å². The zero-order valence-corrected chi connectivity index (χ0v) is 15.4. The molecule has 0 aromatic carbocycles. The van der Waals surface area contributed by atoms with Gasteiger partial charge in [-0.2, -0.15) is 12.6 Å². The quantitative estimate of drug-likeness (QED) is 0.325. The first kappa shape index (κ1) is 27.1. The Kier molecular flexibility index (Phi) is 19.8. The third-order valence-electron chi connectivity index (χ3n) is 2.18. The molecule has 6 N–H and O–H groups in total. The summed E-state index contributed by atoms with van der Waals surface area (Å²) in [6.45, 7) is 5.09. The maximum absolute atomic E-state index is 11.4. The van der Waals surface area contributed by atoms with Gasteiger partial charge in [0.2, 0.25) is 11.8 Å².